The minimum absolute atomic E-state index is 0.0147. The molecule has 1 amide bonds. The molecule has 0 bridgehead atoms. The maximum atomic E-state index is 12.7. The van der Waals surface area contributed by atoms with E-state index in [9.17, 15) is 13.2 Å². The first-order valence-electron chi connectivity index (χ1n) is 9.02. The van der Waals surface area contributed by atoms with Crippen LogP contribution >= 0.6 is 0 Å². The lowest BCUT2D eigenvalue weighted by Gasteiger charge is -2.37. The number of nitrogens with zero attached hydrogens (tertiary/aromatic N) is 3. The minimum atomic E-state index is -3.33. The second-order valence-electron chi connectivity index (χ2n) is 7.30. The molecule has 3 rings (SSSR count). The summed E-state index contributed by atoms with van der Waals surface area (Å²) in [5, 5.41) is 0. The van der Waals surface area contributed by atoms with Crippen LogP contribution in [0.25, 0.3) is 0 Å². The number of hydrogen-bond donors (Lipinski definition) is 0. The fourth-order valence-electron chi connectivity index (χ4n) is 3.91. The Morgan fingerprint density at radius 2 is 1.30 bits per heavy atom. The molecule has 3 aliphatic rings. The molecule has 0 aromatic carbocycles. The zero-order valence-corrected chi connectivity index (χ0v) is 14.9. The Morgan fingerprint density at radius 1 is 0.826 bits per heavy atom. The first-order valence-corrected chi connectivity index (χ1v) is 10.4. The summed E-state index contributed by atoms with van der Waals surface area (Å²) in [4.78, 5) is 14.4. The highest BCUT2D eigenvalue weighted by Gasteiger charge is 2.37. The van der Waals surface area contributed by atoms with Gasteiger partial charge in [0.2, 0.25) is 5.91 Å². The largest absolute Gasteiger partial charge is 0.342 e. The van der Waals surface area contributed by atoms with Gasteiger partial charge in [-0.2, -0.15) is 17.0 Å². The lowest BCUT2D eigenvalue weighted by Crippen LogP contribution is -2.50. The van der Waals surface area contributed by atoms with Gasteiger partial charge in [-0.3, -0.25) is 4.79 Å². The average Bonchev–Trinajstić information content (AvgIpc) is 3.09. The van der Waals surface area contributed by atoms with E-state index in [1.165, 1.54) is 0 Å². The van der Waals surface area contributed by atoms with Crippen LogP contribution in [-0.2, 0) is 15.0 Å². The first kappa shape index (κ1) is 17.2. The van der Waals surface area contributed by atoms with Crippen molar-refractivity contribution < 1.29 is 13.2 Å². The number of amides is 1. The third-order valence-corrected chi connectivity index (χ3v) is 7.65. The summed E-state index contributed by atoms with van der Waals surface area (Å²) in [5.41, 5.74) is 0. The summed E-state index contributed by atoms with van der Waals surface area (Å²) in [7, 11) is -3.33. The number of piperidine rings is 2. The van der Waals surface area contributed by atoms with Crippen LogP contribution in [0.2, 0.25) is 0 Å². The Morgan fingerprint density at radius 3 is 1.83 bits per heavy atom. The second kappa shape index (κ2) is 7.07. The van der Waals surface area contributed by atoms with E-state index in [1.807, 2.05) is 4.90 Å². The van der Waals surface area contributed by atoms with Crippen molar-refractivity contribution in [2.75, 3.05) is 39.3 Å². The van der Waals surface area contributed by atoms with Gasteiger partial charge in [0.1, 0.15) is 0 Å². The van der Waals surface area contributed by atoms with Gasteiger partial charge in [0.05, 0.1) is 0 Å². The average molecular weight is 343 g/mol. The summed E-state index contributed by atoms with van der Waals surface area (Å²) in [6.45, 7) is 6.18. The Bertz CT molecular complexity index is 515. The predicted octanol–water partition coefficient (Wildman–Crippen LogP) is 1.30. The quantitative estimate of drug-likeness (QED) is 0.776. The van der Waals surface area contributed by atoms with E-state index in [4.69, 9.17) is 0 Å². The SMILES string of the molecule is CC1CCN(S(=O)(=O)N2CCC(C(=O)N3CCCC3)CC2)CC1. The lowest BCUT2D eigenvalue weighted by molar-refractivity contribution is -0.135. The molecule has 0 aliphatic carbocycles. The lowest BCUT2D eigenvalue weighted by atomic mass is 9.97. The normalized spacial score (nSPS) is 26.7. The Hall–Kier alpha value is -0.660. The van der Waals surface area contributed by atoms with E-state index >= 15 is 0 Å². The summed E-state index contributed by atoms with van der Waals surface area (Å²) in [5.74, 6) is 0.873. The molecule has 0 saturated carbocycles. The van der Waals surface area contributed by atoms with Gasteiger partial charge in [-0.05, 0) is 44.4 Å². The standard InChI is InChI=1S/C16H29N3O3S/c1-14-4-10-18(11-5-14)23(21,22)19-12-6-15(7-13-19)16(20)17-8-2-3-9-17/h14-15H,2-13H2,1H3. The molecule has 0 aromatic rings. The van der Waals surface area contributed by atoms with Crippen LogP contribution in [0.15, 0.2) is 0 Å². The van der Waals surface area contributed by atoms with Crippen molar-refractivity contribution in [3.05, 3.63) is 0 Å². The van der Waals surface area contributed by atoms with Crippen molar-refractivity contribution in [3.63, 3.8) is 0 Å². The van der Waals surface area contributed by atoms with E-state index in [0.717, 1.165) is 38.8 Å². The molecule has 0 aromatic heterocycles. The Balaban J connectivity index is 1.54. The molecule has 0 N–H and O–H groups in total. The van der Waals surface area contributed by atoms with Gasteiger partial charge in [-0.15, -0.1) is 0 Å². The van der Waals surface area contributed by atoms with Crippen LogP contribution < -0.4 is 0 Å². The van der Waals surface area contributed by atoms with Crippen LogP contribution in [-0.4, -0.2) is 67.1 Å². The maximum absolute atomic E-state index is 12.7. The Labute approximate surface area is 140 Å². The topological polar surface area (TPSA) is 60.9 Å². The van der Waals surface area contributed by atoms with Crippen LogP contribution in [0.3, 0.4) is 0 Å². The minimum Gasteiger partial charge on any atom is -0.342 e. The molecule has 7 heteroatoms. The highest BCUT2D eigenvalue weighted by molar-refractivity contribution is 7.86. The second-order valence-corrected chi connectivity index (χ2v) is 9.22. The molecule has 6 nitrogen and oxygen atoms in total. The molecular formula is C16H29N3O3S. The van der Waals surface area contributed by atoms with Gasteiger partial charge in [0.15, 0.2) is 0 Å². The van der Waals surface area contributed by atoms with Crippen LogP contribution in [0.4, 0.5) is 0 Å². The zero-order valence-electron chi connectivity index (χ0n) is 14.1. The molecule has 0 radical (unpaired) electrons. The number of carbonyl (C=O) groups is 1. The van der Waals surface area contributed by atoms with Crippen molar-refractivity contribution in [2.45, 2.75) is 45.4 Å². The number of likely N-dealkylation sites (tertiary alicyclic amines) is 1. The monoisotopic (exact) mass is 343 g/mol. The molecule has 3 fully saturated rings. The van der Waals surface area contributed by atoms with E-state index in [-0.39, 0.29) is 11.8 Å². The number of carbonyl (C=O) groups excluding carboxylic acids is 1. The molecule has 3 heterocycles. The Kier molecular flexibility index (Phi) is 5.28. The first-order chi connectivity index (χ1) is 11.0. The predicted molar refractivity (Wildman–Crippen MR) is 89.0 cm³/mol. The molecule has 3 saturated heterocycles. The van der Waals surface area contributed by atoms with Crippen LogP contribution in [0.1, 0.15) is 45.4 Å². The molecule has 3 aliphatic heterocycles. The van der Waals surface area contributed by atoms with Gasteiger partial charge in [-0.1, -0.05) is 6.92 Å². The van der Waals surface area contributed by atoms with Crippen molar-refractivity contribution >= 4 is 16.1 Å². The van der Waals surface area contributed by atoms with Crippen LogP contribution in [0.5, 0.6) is 0 Å². The van der Waals surface area contributed by atoms with E-state index in [2.05, 4.69) is 6.92 Å². The highest BCUT2D eigenvalue weighted by atomic mass is 32.2. The van der Waals surface area contributed by atoms with E-state index in [1.54, 1.807) is 8.61 Å². The summed E-state index contributed by atoms with van der Waals surface area (Å²) in [6.07, 6.45) is 5.43. The van der Waals surface area contributed by atoms with Gasteiger partial charge in [-0.25, -0.2) is 0 Å². The zero-order chi connectivity index (χ0) is 16.4. The number of hydrogen-bond acceptors (Lipinski definition) is 3. The van der Waals surface area contributed by atoms with Crippen molar-refractivity contribution in [1.82, 2.24) is 13.5 Å². The summed E-state index contributed by atoms with van der Waals surface area (Å²) < 4.78 is 28.7. The summed E-state index contributed by atoms with van der Waals surface area (Å²) >= 11 is 0. The van der Waals surface area contributed by atoms with Gasteiger partial charge in [0.25, 0.3) is 10.2 Å². The highest BCUT2D eigenvalue weighted by Crippen LogP contribution is 2.26. The van der Waals surface area contributed by atoms with E-state index in [0.29, 0.717) is 44.9 Å². The fraction of sp³-hybridized carbons (Fsp3) is 0.938. The fourth-order valence-corrected chi connectivity index (χ4v) is 5.58. The molecule has 0 spiro atoms. The van der Waals surface area contributed by atoms with Gasteiger partial charge in [0, 0.05) is 45.2 Å². The van der Waals surface area contributed by atoms with E-state index < -0.39 is 10.2 Å². The third kappa shape index (κ3) is 3.72. The van der Waals surface area contributed by atoms with Crippen molar-refractivity contribution in [3.8, 4) is 0 Å². The molecule has 132 valence electrons. The third-order valence-electron chi connectivity index (χ3n) is 5.62. The molecular weight excluding hydrogens is 314 g/mol. The molecule has 23 heavy (non-hydrogen) atoms. The summed E-state index contributed by atoms with van der Waals surface area (Å²) in [6, 6.07) is 0. The van der Waals surface area contributed by atoms with Crippen molar-refractivity contribution in [2.24, 2.45) is 11.8 Å². The number of rotatable bonds is 3. The van der Waals surface area contributed by atoms with Crippen molar-refractivity contribution in [1.29, 1.82) is 0 Å². The smallest absolute Gasteiger partial charge is 0.281 e. The molecule has 0 unspecified atom stereocenters. The van der Waals surface area contributed by atoms with Gasteiger partial charge >= 0.3 is 0 Å². The molecule has 0 atom stereocenters. The maximum Gasteiger partial charge on any atom is 0.281 e. The van der Waals surface area contributed by atoms with Gasteiger partial charge < -0.3 is 4.90 Å². The van der Waals surface area contributed by atoms with Crippen LogP contribution in [0, 0.1) is 11.8 Å².